The fourth-order valence-corrected chi connectivity index (χ4v) is 2.65. The summed E-state index contributed by atoms with van der Waals surface area (Å²) in [5.74, 6) is -1.51. The van der Waals surface area contributed by atoms with Crippen molar-refractivity contribution >= 4 is 17.8 Å². The minimum absolute atomic E-state index is 0.00456. The number of methoxy groups -OCH3 is 1. The number of hydrogen-bond acceptors (Lipinski definition) is 4. The summed E-state index contributed by atoms with van der Waals surface area (Å²) >= 11 is 0. The number of carbonyl (C=O) groups is 3. The van der Waals surface area contributed by atoms with Crippen LogP contribution in [0.4, 0.5) is 4.39 Å². The second kappa shape index (κ2) is 8.60. The number of carbonyl (C=O) groups excluding carboxylic acids is 3. The first kappa shape index (κ1) is 18.9. The second-order valence-corrected chi connectivity index (χ2v) is 6.31. The van der Waals surface area contributed by atoms with Gasteiger partial charge in [0.2, 0.25) is 11.8 Å². The normalized spacial score (nSPS) is 15.8. The van der Waals surface area contributed by atoms with Crippen LogP contribution >= 0.6 is 0 Å². The largest absolute Gasteiger partial charge is 0.467 e. The first-order chi connectivity index (χ1) is 11.9. The molecule has 1 fully saturated rings. The number of rotatable bonds is 8. The third-order valence-corrected chi connectivity index (χ3v) is 4.14. The highest BCUT2D eigenvalue weighted by atomic mass is 19.1. The zero-order chi connectivity index (χ0) is 18.4. The van der Waals surface area contributed by atoms with Crippen molar-refractivity contribution in [1.29, 1.82) is 0 Å². The highest BCUT2D eigenvalue weighted by molar-refractivity contribution is 5.90. The highest BCUT2D eigenvalue weighted by Gasteiger charge is 2.33. The van der Waals surface area contributed by atoms with Crippen LogP contribution < -0.4 is 10.6 Å². The van der Waals surface area contributed by atoms with E-state index in [1.807, 2.05) is 0 Å². The molecule has 0 saturated heterocycles. The molecule has 0 spiro atoms. The molecule has 0 bridgehead atoms. The summed E-state index contributed by atoms with van der Waals surface area (Å²) in [7, 11) is 1.26. The van der Waals surface area contributed by atoms with Gasteiger partial charge in [0, 0.05) is 13.3 Å². The molecule has 0 aliphatic heterocycles. The summed E-state index contributed by atoms with van der Waals surface area (Å²) in [5, 5.41) is 5.15. The van der Waals surface area contributed by atoms with E-state index in [0.29, 0.717) is 17.9 Å². The van der Waals surface area contributed by atoms with Gasteiger partial charge in [-0.15, -0.1) is 0 Å². The minimum Gasteiger partial charge on any atom is -0.467 e. The molecule has 1 aromatic carbocycles. The summed E-state index contributed by atoms with van der Waals surface area (Å²) in [6, 6.07) is 4.32. The third kappa shape index (κ3) is 5.85. The Morgan fingerprint density at radius 3 is 2.44 bits per heavy atom. The molecule has 2 amide bonds. The molecular formula is C18H23FN2O4. The molecule has 1 aliphatic rings. The Morgan fingerprint density at radius 1 is 1.20 bits per heavy atom. The second-order valence-electron chi connectivity index (χ2n) is 6.31. The smallest absolute Gasteiger partial charge is 0.328 e. The minimum atomic E-state index is -0.972. The number of nitrogens with one attached hydrogen (secondary N) is 2. The first-order valence-corrected chi connectivity index (χ1v) is 8.29. The van der Waals surface area contributed by atoms with Crippen LogP contribution in [0.3, 0.4) is 0 Å². The van der Waals surface area contributed by atoms with Gasteiger partial charge in [0.25, 0.3) is 0 Å². The average Bonchev–Trinajstić information content (AvgIpc) is 3.38. The van der Waals surface area contributed by atoms with Crippen LogP contribution in [0.5, 0.6) is 0 Å². The molecule has 2 rings (SSSR count). The Bertz CT molecular complexity index is 646. The molecule has 1 aromatic rings. The van der Waals surface area contributed by atoms with Crippen molar-refractivity contribution in [2.75, 3.05) is 7.11 Å². The molecule has 136 valence electrons. The fraction of sp³-hybridized carbons (Fsp3) is 0.500. The predicted octanol–water partition coefficient (Wildman–Crippen LogP) is 1.33. The lowest BCUT2D eigenvalue weighted by molar-refractivity contribution is -0.145. The molecule has 0 unspecified atom stereocenters. The molecule has 2 N–H and O–H groups in total. The van der Waals surface area contributed by atoms with Crippen molar-refractivity contribution in [3.8, 4) is 0 Å². The lowest BCUT2D eigenvalue weighted by Gasteiger charge is -2.22. The van der Waals surface area contributed by atoms with E-state index in [-0.39, 0.29) is 6.42 Å². The Hall–Kier alpha value is -2.44. The van der Waals surface area contributed by atoms with Gasteiger partial charge in [0.1, 0.15) is 17.9 Å². The van der Waals surface area contributed by atoms with E-state index in [0.717, 1.165) is 12.8 Å². The van der Waals surface area contributed by atoms with E-state index in [2.05, 4.69) is 10.6 Å². The van der Waals surface area contributed by atoms with E-state index < -0.39 is 35.7 Å². The Kier molecular flexibility index (Phi) is 6.50. The number of amides is 2. The molecule has 0 radical (unpaired) electrons. The van der Waals surface area contributed by atoms with Crippen LogP contribution in [0.15, 0.2) is 24.3 Å². The van der Waals surface area contributed by atoms with Gasteiger partial charge in [-0.2, -0.15) is 0 Å². The van der Waals surface area contributed by atoms with E-state index in [1.165, 1.54) is 20.1 Å². The van der Waals surface area contributed by atoms with E-state index >= 15 is 0 Å². The Morgan fingerprint density at radius 2 is 1.88 bits per heavy atom. The summed E-state index contributed by atoms with van der Waals surface area (Å²) in [6.07, 6.45) is 2.54. The maximum atomic E-state index is 13.9. The number of hydrogen-bond donors (Lipinski definition) is 2. The van der Waals surface area contributed by atoms with Crippen molar-refractivity contribution in [3.05, 3.63) is 35.6 Å². The van der Waals surface area contributed by atoms with Gasteiger partial charge in [-0.1, -0.05) is 31.0 Å². The summed E-state index contributed by atoms with van der Waals surface area (Å²) in [5.41, 5.74) is 0.313. The maximum Gasteiger partial charge on any atom is 0.328 e. The van der Waals surface area contributed by atoms with Gasteiger partial charge in [0.15, 0.2) is 0 Å². The van der Waals surface area contributed by atoms with E-state index in [1.54, 1.807) is 18.2 Å². The Labute approximate surface area is 146 Å². The fourth-order valence-electron chi connectivity index (χ4n) is 2.65. The van der Waals surface area contributed by atoms with Gasteiger partial charge in [-0.3, -0.25) is 9.59 Å². The molecule has 0 aromatic heterocycles. The summed E-state index contributed by atoms with van der Waals surface area (Å²) in [6.45, 7) is 1.28. The standard InChI is InChI=1S/C18H23FN2O4/c1-11(22)20-15(10-13-5-3-4-6-14(13)19)17(23)21-16(18(24)25-2)9-12-7-8-12/h3-6,12,15-16H,7-10H2,1-2H3,(H,20,22)(H,21,23)/t15-,16-/m0/s1. The number of halogens is 1. The number of benzene rings is 1. The SMILES string of the molecule is COC(=O)[C@H](CC1CC1)NC(=O)[C@H](Cc1ccccc1F)NC(C)=O. The quantitative estimate of drug-likeness (QED) is 0.693. The van der Waals surface area contributed by atoms with Crippen LogP contribution in [0.25, 0.3) is 0 Å². The van der Waals surface area contributed by atoms with Crippen LogP contribution in [-0.4, -0.2) is 37.0 Å². The lowest BCUT2D eigenvalue weighted by atomic mass is 10.0. The van der Waals surface area contributed by atoms with Crippen molar-refractivity contribution in [2.45, 2.75) is 44.7 Å². The molecule has 25 heavy (non-hydrogen) atoms. The Balaban J connectivity index is 2.09. The van der Waals surface area contributed by atoms with Crippen molar-refractivity contribution in [2.24, 2.45) is 5.92 Å². The van der Waals surface area contributed by atoms with Gasteiger partial charge < -0.3 is 15.4 Å². The van der Waals surface area contributed by atoms with Gasteiger partial charge in [-0.25, -0.2) is 9.18 Å². The van der Waals surface area contributed by atoms with Gasteiger partial charge in [0.05, 0.1) is 7.11 Å². The topological polar surface area (TPSA) is 84.5 Å². The zero-order valence-corrected chi connectivity index (χ0v) is 14.4. The number of esters is 1. The maximum absolute atomic E-state index is 13.9. The molecule has 6 nitrogen and oxygen atoms in total. The zero-order valence-electron chi connectivity index (χ0n) is 14.4. The van der Waals surface area contributed by atoms with Crippen LogP contribution in [0, 0.1) is 11.7 Å². The van der Waals surface area contributed by atoms with Gasteiger partial charge in [-0.05, 0) is 24.0 Å². The van der Waals surface area contributed by atoms with Crippen LogP contribution in [0.2, 0.25) is 0 Å². The summed E-state index contributed by atoms with van der Waals surface area (Å²) in [4.78, 5) is 35.9. The third-order valence-electron chi connectivity index (χ3n) is 4.14. The van der Waals surface area contributed by atoms with Crippen molar-refractivity contribution in [1.82, 2.24) is 10.6 Å². The van der Waals surface area contributed by atoms with Crippen molar-refractivity contribution < 1.29 is 23.5 Å². The lowest BCUT2D eigenvalue weighted by Crippen LogP contribution is -2.52. The number of ether oxygens (including phenoxy) is 1. The molecule has 2 atom stereocenters. The van der Waals surface area contributed by atoms with E-state index in [9.17, 15) is 18.8 Å². The summed E-state index contributed by atoms with van der Waals surface area (Å²) < 4.78 is 18.6. The van der Waals surface area contributed by atoms with Crippen LogP contribution in [-0.2, 0) is 25.5 Å². The molecule has 1 saturated carbocycles. The van der Waals surface area contributed by atoms with Crippen molar-refractivity contribution in [3.63, 3.8) is 0 Å². The molecule has 7 heteroatoms. The molecule has 1 aliphatic carbocycles. The average molecular weight is 350 g/mol. The molecular weight excluding hydrogens is 327 g/mol. The predicted molar refractivity (Wildman–Crippen MR) is 89.0 cm³/mol. The van der Waals surface area contributed by atoms with Gasteiger partial charge >= 0.3 is 5.97 Å². The first-order valence-electron chi connectivity index (χ1n) is 8.29. The highest BCUT2D eigenvalue weighted by Crippen LogP contribution is 2.33. The van der Waals surface area contributed by atoms with Crippen LogP contribution in [0.1, 0.15) is 31.7 Å². The molecule has 0 heterocycles. The van der Waals surface area contributed by atoms with E-state index in [4.69, 9.17) is 4.74 Å². The monoisotopic (exact) mass is 350 g/mol.